The van der Waals surface area contributed by atoms with Crippen molar-refractivity contribution in [3.63, 3.8) is 0 Å². The molecule has 1 aromatic carbocycles. The Morgan fingerprint density at radius 3 is 2.78 bits per heavy atom. The fraction of sp³-hybridized carbons (Fsp3) is 0.333. The lowest BCUT2D eigenvalue weighted by Crippen LogP contribution is -2.18. The highest BCUT2D eigenvalue weighted by atomic mass is 32.2. The number of thioether (sulfide) groups is 1. The lowest BCUT2D eigenvalue weighted by atomic mass is 10.2. The minimum absolute atomic E-state index is 0.0422. The van der Waals surface area contributed by atoms with Crippen molar-refractivity contribution in [1.29, 1.82) is 0 Å². The lowest BCUT2D eigenvalue weighted by Gasteiger charge is -2.18. The van der Waals surface area contributed by atoms with E-state index in [-0.39, 0.29) is 5.75 Å². The SMILES string of the molecule is C/N=C/CCN(C)c1ccc(-c2nnc(SCC(=O)O)[nH]2)cc1. The van der Waals surface area contributed by atoms with E-state index >= 15 is 0 Å². The van der Waals surface area contributed by atoms with Crippen LogP contribution in [0.1, 0.15) is 6.42 Å². The van der Waals surface area contributed by atoms with Crippen LogP contribution in [0.25, 0.3) is 11.4 Å². The molecule has 0 bridgehead atoms. The van der Waals surface area contributed by atoms with Gasteiger partial charge in [0.25, 0.3) is 0 Å². The van der Waals surface area contributed by atoms with Gasteiger partial charge in [-0.3, -0.25) is 4.79 Å². The molecule has 0 amide bonds. The number of aromatic amines is 1. The summed E-state index contributed by atoms with van der Waals surface area (Å²) in [6.45, 7) is 0.898. The Labute approximate surface area is 138 Å². The molecule has 23 heavy (non-hydrogen) atoms. The van der Waals surface area contributed by atoms with Gasteiger partial charge in [0.05, 0.1) is 5.75 Å². The third kappa shape index (κ3) is 5.10. The van der Waals surface area contributed by atoms with Crippen LogP contribution in [0, 0.1) is 0 Å². The Morgan fingerprint density at radius 2 is 2.13 bits per heavy atom. The van der Waals surface area contributed by atoms with Crippen molar-refractivity contribution in [2.45, 2.75) is 11.6 Å². The first-order valence-electron chi connectivity index (χ1n) is 7.09. The quantitative estimate of drug-likeness (QED) is 0.568. The molecule has 2 aromatic rings. The van der Waals surface area contributed by atoms with Gasteiger partial charge in [-0.15, -0.1) is 10.2 Å². The maximum Gasteiger partial charge on any atom is 0.313 e. The largest absolute Gasteiger partial charge is 0.481 e. The summed E-state index contributed by atoms with van der Waals surface area (Å²) in [4.78, 5) is 19.7. The number of aliphatic imine (C=N–C) groups is 1. The average Bonchev–Trinajstić information content (AvgIpc) is 3.02. The van der Waals surface area contributed by atoms with Gasteiger partial charge in [0.2, 0.25) is 0 Å². The Hall–Kier alpha value is -2.35. The molecule has 1 heterocycles. The molecular formula is C15H19N5O2S. The summed E-state index contributed by atoms with van der Waals surface area (Å²) in [5.41, 5.74) is 2.02. The molecule has 2 N–H and O–H groups in total. The molecule has 0 atom stereocenters. The summed E-state index contributed by atoms with van der Waals surface area (Å²) in [6.07, 6.45) is 2.80. The van der Waals surface area contributed by atoms with E-state index in [0.29, 0.717) is 11.0 Å². The van der Waals surface area contributed by atoms with Crippen LogP contribution >= 0.6 is 11.8 Å². The predicted molar refractivity (Wildman–Crippen MR) is 92.5 cm³/mol. The summed E-state index contributed by atoms with van der Waals surface area (Å²) in [7, 11) is 3.81. The fourth-order valence-electron chi connectivity index (χ4n) is 1.96. The number of carboxylic acid groups (broad SMARTS) is 1. The van der Waals surface area contributed by atoms with E-state index in [1.54, 1.807) is 7.05 Å². The molecule has 0 aliphatic carbocycles. The van der Waals surface area contributed by atoms with E-state index in [1.807, 2.05) is 37.5 Å². The monoisotopic (exact) mass is 333 g/mol. The van der Waals surface area contributed by atoms with Crippen molar-refractivity contribution in [3.8, 4) is 11.4 Å². The molecule has 0 fully saturated rings. The van der Waals surface area contributed by atoms with Crippen LogP contribution in [0.15, 0.2) is 34.4 Å². The van der Waals surface area contributed by atoms with Crippen molar-refractivity contribution >= 4 is 29.6 Å². The molecule has 1 aromatic heterocycles. The standard InChI is InChI=1S/C15H19N5O2S/c1-16-8-3-9-20(2)12-6-4-11(5-7-12)14-17-15(19-18-14)23-10-13(21)22/h4-8H,3,9-10H2,1-2H3,(H,21,22)(H,17,18,19)/b16-8+. The number of anilines is 1. The van der Waals surface area contributed by atoms with Gasteiger partial charge >= 0.3 is 5.97 Å². The summed E-state index contributed by atoms with van der Waals surface area (Å²) in [5, 5.41) is 17.2. The Morgan fingerprint density at radius 1 is 1.39 bits per heavy atom. The Kier molecular flexibility index (Phi) is 6.16. The number of aromatic nitrogens is 3. The number of nitrogens with zero attached hydrogens (tertiary/aromatic N) is 4. The number of carboxylic acids is 1. The molecule has 0 unspecified atom stereocenters. The summed E-state index contributed by atoms with van der Waals surface area (Å²) in [6, 6.07) is 7.97. The van der Waals surface area contributed by atoms with Gasteiger partial charge < -0.3 is 20.0 Å². The topological polar surface area (TPSA) is 94.5 Å². The summed E-state index contributed by atoms with van der Waals surface area (Å²) in [5.74, 6) is -0.293. The van der Waals surface area contributed by atoms with E-state index in [1.165, 1.54) is 0 Å². The van der Waals surface area contributed by atoms with Crippen LogP contribution in [0.4, 0.5) is 5.69 Å². The maximum atomic E-state index is 10.5. The highest BCUT2D eigenvalue weighted by molar-refractivity contribution is 7.99. The second-order valence-electron chi connectivity index (χ2n) is 4.86. The van der Waals surface area contributed by atoms with E-state index in [2.05, 4.69) is 25.1 Å². The molecule has 0 saturated carbocycles. The number of aliphatic carboxylic acids is 1. The van der Waals surface area contributed by atoms with Gasteiger partial charge in [-0.05, 0) is 30.7 Å². The van der Waals surface area contributed by atoms with E-state index in [0.717, 1.165) is 36.0 Å². The Balaban J connectivity index is 2.00. The highest BCUT2D eigenvalue weighted by Gasteiger charge is 2.08. The van der Waals surface area contributed by atoms with Gasteiger partial charge in [-0.1, -0.05) is 11.8 Å². The predicted octanol–water partition coefficient (Wildman–Crippen LogP) is 2.18. The molecule has 2 rings (SSSR count). The van der Waals surface area contributed by atoms with Crippen LogP contribution in [0.3, 0.4) is 0 Å². The van der Waals surface area contributed by atoms with Gasteiger partial charge in [-0.2, -0.15) is 0 Å². The number of nitrogens with one attached hydrogen (secondary N) is 1. The van der Waals surface area contributed by atoms with Crippen LogP contribution in [0.2, 0.25) is 0 Å². The first-order chi connectivity index (χ1) is 11.1. The fourth-order valence-corrected chi connectivity index (χ4v) is 2.48. The zero-order valence-electron chi connectivity index (χ0n) is 13.1. The number of carbonyl (C=O) groups is 1. The van der Waals surface area contributed by atoms with E-state index < -0.39 is 5.97 Å². The molecule has 0 aliphatic rings. The van der Waals surface area contributed by atoms with E-state index in [4.69, 9.17) is 5.11 Å². The van der Waals surface area contributed by atoms with Crippen molar-refractivity contribution in [2.75, 3.05) is 31.3 Å². The van der Waals surface area contributed by atoms with Gasteiger partial charge in [0.15, 0.2) is 11.0 Å². The third-order valence-electron chi connectivity index (χ3n) is 3.16. The number of H-pyrrole nitrogens is 1. The average molecular weight is 333 g/mol. The number of hydrogen-bond acceptors (Lipinski definition) is 6. The minimum atomic E-state index is -0.881. The molecule has 7 nitrogen and oxygen atoms in total. The van der Waals surface area contributed by atoms with Crippen LogP contribution in [-0.4, -0.2) is 58.9 Å². The van der Waals surface area contributed by atoms with Crippen molar-refractivity contribution < 1.29 is 9.90 Å². The number of hydrogen-bond donors (Lipinski definition) is 2. The van der Waals surface area contributed by atoms with Crippen LogP contribution in [0.5, 0.6) is 0 Å². The molecule has 8 heteroatoms. The molecule has 0 aliphatic heterocycles. The van der Waals surface area contributed by atoms with Crippen molar-refractivity contribution in [1.82, 2.24) is 15.2 Å². The maximum absolute atomic E-state index is 10.5. The molecular weight excluding hydrogens is 314 g/mol. The smallest absolute Gasteiger partial charge is 0.313 e. The molecule has 0 saturated heterocycles. The third-order valence-corrected chi connectivity index (χ3v) is 4.00. The van der Waals surface area contributed by atoms with E-state index in [9.17, 15) is 4.79 Å². The van der Waals surface area contributed by atoms with Crippen molar-refractivity contribution in [2.24, 2.45) is 4.99 Å². The van der Waals surface area contributed by atoms with Crippen molar-refractivity contribution in [3.05, 3.63) is 24.3 Å². The number of rotatable bonds is 8. The van der Waals surface area contributed by atoms with Gasteiger partial charge in [0.1, 0.15) is 0 Å². The minimum Gasteiger partial charge on any atom is -0.481 e. The van der Waals surface area contributed by atoms with Gasteiger partial charge in [0, 0.05) is 38.1 Å². The van der Waals surface area contributed by atoms with Gasteiger partial charge in [-0.25, -0.2) is 0 Å². The van der Waals surface area contributed by atoms with Crippen LogP contribution in [-0.2, 0) is 4.79 Å². The normalized spacial score (nSPS) is 11.0. The van der Waals surface area contributed by atoms with Crippen LogP contribution < -0.4 is 4.90 Å². The highest BCUT2D eigenvalue weighted by Crippen LogP contribution is 2.22. The zero-order valence-corrected chi connectivity index (χ0v) is 13.9. The second kappa shape index (κ2) is 8.33. The Bertz CT molecular complexity index is 669. The molecule has 122 valence electrons. The summed E-state index contributed by atoms with van der Waals surface area (Å²) >= 11 is 1.11. The lowest BCUT2D eigenvalue weighted by molar-refractivity contribution is -0.133. The number of benzene rings is 1. The first kappa shape index (κ1) is 17.0. The second-order valence-corrected chi connectivity index (χ2v) is 5.82. The molecule has 0 radical (unpaired) electrons. The first-order valence-corrected chi connectivity index (χ1v) is 8.08. The zero-order chi connectivity index (χ0) is 16.7. The summed E-state index contributed by atoms with van der Waals surface area (Å²) < 4.78 is 0. The molecule has 0 spiro atoms.